The molecule has 1 aliphatic heterocycles. The van der Waals surface area contributed by atoms with Gasteiger partial charge in [-0.1, -0.05) is 0 Å². The zero-order valence-corrected chi connectivity index (χ0v) is 10.7. The molecule has 1 fully saturated rings. The lowest BCUT2D eigenvalue weighted by Crippen LogP contribution is -2.49. The van der Waals surface area contributed by atoms with E-state index >= 15 is 0 Å². The van der Waals surface area contributed by atoms with Gasteiger partial charge in [-0.2, -0.15) is 0 Å². The lowest BCUT2D eigenvalue weighted by atomic mass is 10.0. The van der Waals surface area contributed by atoms with Gasteiger partial charge in [-0.3, -0.25) is 9.36 Å². The summed E-state index contributed by atoms with van der Waals surface area (Å²) in [5.74, 6) is 0.248. The van der Waals surface area contributed by atoms with Crippen molar-refractivity contribution in [2.75, 3.05) is 18.1 Å². The number of aliphatic hydroxyl groups excluding tert-OH is 1. The summed E-state index contributed by atoms with van der Waals surface area (Å²) in [6.07, 6.45) is 2.84. The summed E-state index contributed by atoms with van der Waals surface area (Å²) in [7, 11) is 2.96. The van der Waals surface area contributed by atoms with Crippen LogP contribution in [0.4, 0.5) is 5.82 Å². The second-order valence-corrected chi connectivity index (χ2v) is 4.62. The van der Waals surface area contributed by atoms with Crippen molar-refractivity contribution < 1.29 is 5.11 Å². The number of hydrogen-bond acceptors (Lipinski definition) is 5. The molecule has 100 valence electrons. The first-order valence-electron chi connectivity index (χ1n) is 6.08. The third kappa shape index (κ3) is 2.05. The first-order valence-corrected chi connectivity index (χ1v) is 6.08. The van der Waals surface area contributed by atoms with Gasteiger partial charge in [-0.15, -0.1) is 5.10 Å². The van der Waals surface area contributed by atoms with E-state index < -0.39 is 11.2 Å². The third-order valence-electron chi connectivity index (χ3n) is 3.41. The molecule has 0 saturated carbocycles. The lowest BCUT2D eigenvalue weighted by Gasteiger charge is -2.34. The molecule has 0 bridgehead atoms. The van der Waals surface area contributed by atoms with Crippen LogP contribution in [0, 0.1) is 0 Å². The summed E-state index contributed by atoms with van der Waals surface area (Å²) in [6, 6.07) is -0.0866. The molecule has 1 unspecified atom stereocenters. The fraction of sp³-hybridized carbons (Fsp3) is 0.727. The smallest absolute Gasteiger partial charge is 0.346 e. The van der Waals surface area contributed by atoms with Crippen LogP contribution in [0.25, 0.3) is 0 Å². The normalized spacial score (nSPS) is 20.2. The molecule has 0 aliphatic carbocycles. The van der Waals surface area contributed by atoms with Crippen LogP contribution in [0.3, 0.4) is 0 Å². The van der Waals surface area contributed by atoms with Gasteiger partial charge < -0.3 is 10.0 Å². The van der Waals surface area contributed by atoms with Crippen LogP contribution in [0.5, 0.6) is 0 Å². The number of aryl methyl sites for hydroxylation is 1. The molecule has 1 aromatic rings. The van der Waals surface area contributed by atoms with Gasteiger partial charge >= 0.3 is 5.69 Å². The fourth-order valence-electron chi connectivity index (χ4n) is 2.33. The van der Waals surface area contributed by atoms with Crippen molar-refractivity contribution in [3.63, 3.8) is 0 Å². The summed E-state index contributed by atoms with van der Waals surface area (Å²) < 4.78 is 2.20. The zero-order valence-electron chi connectivity index (χ0n) is 10.7. The number of rotatable bonds is 2. The fourth-order valence-corrected chi connectivity index (χ4v) is 2.33. The van der Waals surface area contributed by atoms with Gasteiger partial charge in [0.15, 0.2) is 0 Å². The van der Waals surface area contributed by atoms with E-state index in [9.17, 15) is 14.7 Å². The topological polar surface area (TPSA) is 80.4 Å². The second-order valence-electron chi connectivity index (χ2n) is 4.62. The van der Waals surface area contributed by atoms with Crippen molar-refractivity contribution in [3.8, 4) is 0 Å². The van der Waals surface area contributed by atoms with Crippen LogP contribution in [0.1, 0.15) is 19.3 Å². The minimum absolute atomic E-state index is 0.00627. The molecule has 18 heavy (non-hydrogen) atoms. The highest BCUT2D eigenvalue weighted by Gasteiger charge is 2.26. The molecule has 2 rings (SSSR count). The molecular weight excluding hydrogens is 236 g/mol. The predicted octanol–water partition coefficient (Wildman–Crippen LogP) is -1.17. The van der Waals surface area contributed by atoms with E-state index in [2.05, 4.69) is 5.10 Å². The molecule has 1 saturated heterocycles. The van der Waals surface area contributed by atoms with Crippen LogP contribution in [-0.2, 0) is 14.1 Å². The lowest BCUT2D eigenvalue weighted by molar-refractivity contribution is 0.238. The SMILES string of the molecule is Cn1nc(N2CCCCC2CO)c(=O)n(C)c1=O. The number of aromatic nitrogens is 3. The van der Waals surface area contributed by atoms with Crippen LogP contribution in [0.15, 0.2) is 9.59 Å². The first-order chi connectivity index (χ1) is 8.56. The molecular formula is C11H18N4O3. The van der Waals surface area contributed by atoms with Gasteiger partial charge in [-0.25, -0.2) is 9.48 Å². The Bertz CT molecular complexity index is 548. The van der Waals surface area contributed by atoms with E-state index in [4.69, 9.17) is 0 Å². The van der Waals surface area contributed by atoms with Crippen molar-refractivity contribution >= 4 is 5.82 Å². The monoisotopic (exact) mass is 254 g/mol. The quantitative estimate of drug-likeness (QED) is 0.719. The average molecular weight is 254 g/mol. The van der Waals surface area contributed by atoms with Gasteiger partial charge in [-0.05, 0) is 19.3 Å². The van der Waals surface area contributed by atoms with Crippen molar-refractivity contribution in [2.45, 2.75) is 25.3 Å². The van der Waals surface area contributed by atoms with Crippen LogP contribution >= 0.6 is 0 Å². The van der Waals surface area contributed by atoms with E-state index in [1.807, 2.05) is 4.90 Å². The molecule has 1 atom stereocenters. The number of nitrogens with zero attached hydrogens (tertiary/aromatic N) is 4. The van der Waals surface area contributed by atoms with Crippen molar-refractivity contribution in [3.05, 3.63) is 20.8 Å². The molecule has 2 heterocycles. The maximum absolute atomic E-state index is 12.1. The highest BCUT2D eigenvalue weighted by atomic mass is 16.3. The molecule has 0 aromatic carbocycles. The number of aliphatic hydroxyl groups is 1. The number of piperidine rings is 1. The molecule has 1 aromatic heterocycles. The summed E-state index contributed by atoms with van der Waals surface area (Å²) >= 11 is 0. The largest absolute Gasteiger partial charge is 0.394 e. The number of anilines is 1. The van der Waals surface area contributed by atoms with E-state index in [0.29, 0.717) is 6.54 Å². The predicted molar refractivity (Wildman–Crippen MR) is 66.8 cm³/mol. The van der Waals surface area contributed by atoms with Gasteiger partial charge in [0.1, 0.15) is 0 Å². The third-order valence-corrected chi connectivity index (χ3v) is 3.41. The second kappa shape index (κ2) is 4.93. The van der Waals surface area contributed by atoms with Gasteiger partial charge in [0.2, 0.25) is 5.82 Å². The van der Waals surface area contributed by atoms with E-state index in [1.54, 1.807) is 0 Å². The molecule has 1 N–H and O–H groups in total. The molecule has 7 nitrogen and oxygen atoms in total. The Labute approximate surface area is 104 Å². The summed E-state index contributed by atoms with van der Waals surface area (Å²) in [5, 5.41) is 13.4. The Morgan fingerprint density at radius 3 is 2.72 bits per heavy atom. The van der Waals surface area contributed by atoms with Crippen LogP contribution < -0.4 is 16.1 Å². The maximum atomic E-state index is 12.1. The zero-order chi connectivity index (χ0) is 13.3. The minimum atomic E-state index is -0.443. The molecule has 0 radical (unpaired) electrons. The van der Waals surface area contributed by atoms with Gasteiger partial charge in [0.05, 0.1) is 12.6 Å². The van der Waals surface area contributed by atoms with Crippen molar-refractivity contribution in [2.24, 2.45) is 14.1 Å². The van der Waals surface area contributed by atoms with Crippen LogP contribution in [0.2, 0.25) is 0 Å². The minimum Gasteiger partial charge on any atom is -0.394 e. The van der Waals surface area contributed by atoms with E-state index in [0.717, 1.165) is 28.5 Å². The summed E-state index contributed by atoms with van der Waals surface area (Å²) in [6.45, 7) is 0.680. The average Bonchev–Trinajstić information content (AvgIpc) is 2.40. The maximum Gasteiger partial charge on any atom is 0.346 e. The van der Waals surface area contributed by atoms with Crippen molar-refractivity contribution in [1.82, 2.24) is 14.3 Å². The molecule has 0 spiro atoms. The summed E-state index contributed by atoms with van der Waals surface area (Å²) in [5.41, 5.74) is -0.847. The summed E-state index contributed by atoms with van der Waals surface area (Å²) in [4.78, 5) is 25.4. The van der Waals surface area contributed by atoms with Gasteiger partial charge in [0, 0.05) is 20.6 Å². The van der Waals surface area contributed by atoms with Crippen LogP contribution in [-0.4, -0.2) is 38.6 Å². The Kier molecular flexibility index (Phi) is 3.51. The van der Waals surface area contributed by atoms with Gasteiger partial charge in [0.25, 0.3) is 5.56 Å². The Morgan fingerprint density at radius 1 is 1.33 bits per heavy atom. The molecule has 0 amide bonds. The van der Waals surface area contributed by atoms with E-state index in [1.165, 1.54) is 14.1 Å². The Morgan fingerprint density at radius 2 is 2.06 bits per heavy atom. The highest BCUT2D eigenvalue weighted by molar-refractivity contribution is 5.37. The molecule has 1 aliphatic rings. The number of hydrogen-bond donors (Lipinski definition) is 1. The standard InChI is InChI=1S/C11H18N4O3/c1-13-10(17)9(12-14(2)11(13)18)15-6-4-3-5-8(15)7-16/h8,16H,3-7H2,1-2H3. The van der Waals surface area contributed by atoms with Crippen molar-refractivity contribution in [1.29, 1.82) is 0 Å². The van der Waals surface area contributed by atoms with E-state index in [-0.39, 0.29) is 18.5 Å². The Hall–Kier alpha value is -1.63. The highest BCUT2D eigenvalue weighted by Crippen LogP contribution is 2.19. The first kappa shape index (κ1) is 12.8. The Balaban J connectivity index is 2.50. The molecule has 7 heteroatoms.